The number of phenolic OH excluding ortho intramolecular Hbond substituents is 1. The maximum atomic E-state index is 12.0. The monoisotopic (exact) mass is 764 g/mol. The summed E-state index contributed by atoms with van der Waals surface area (Å²) in [6.07, 6.45) is 0. The van der Waals surface area contributed by atoms with Gasteiger partial charge in [0, 0.05) is 0 Å². The maximum Gasteiger partial charge on any atom is 0.344 e. The fourth-order valence-corrected chi connectivity index (χ4v) is 3.89. The van der Waals surface area contributed by atoms with Crippen LogP contribution in [0.4, 0.5) is 0 Å². The van der Waals surface area contributed by atoms with Crippen molar-refractivity contribution in [1.29, 1.82) is 0 Å². The Balaban J connectivity index is 0.000000298. The number of rotatable bonds is 10. The average Bonchev–Trinajstić information content (AvgIpc) is 3.09. The van der Waals surface area contributed by atoms with Crippen molar-refractivity contribution in [1.82, 2.24) is 0 Å². The van der Waals surface area contributed by atoms with Crippen LogP contribution >= 0.6 is 15.9 Å². The Hall–Kier alpha value is -5.16. The minimum Gasteiger partial charge on any atom is -0.508 e. The van der Waals surface area contributed by atoms with Crippen molar-refractivity contribution in [3.63, 3.8) is 0 Å². The number of phenols is 1. The number of hydrogen-bond acceptors (Lipinski definition) is 10. The largest absolute Gasteiger partial charge is 0.508 e. The van der Waals surface area contributed by atoms with Gasteiger partial charge < -0.3 is 28.8 Å². The van der Waals surface area contributed by atoms with Gasteiger partial charge in [0.15, 0.2) is 6.61 Å². The molecular formula is C40H45BrO10. The second-order valence-electron chi connectivity index (χ2n) is 12.8. The number of benzene rings is 4. The molecule has 0 bridgehead atoms. The van der Waals surface area contributed by atoms with E-state index >= 15 is 0 Å². The van der Waals surface area contributed by atoms with Gasteiger partial charge in [-0.15, -0.1) is 0 Å². The Morgan fingerprint density at radius 1 is 0.569 bits per heavy atom. The van der Waals surface area contributed by atoms with Crippen molar-refractivity contribution in [2.45, 2.75) is 66.0 Å². The van der Waals surface area contributed by atoms with E-state index < -0.39 is 23.5 Å². The predicted octanol–water partition coefficient (Wildman–Crippen LogP) is 8.24. The second-order valence-corrected chi connectivity index (χ2v) is 13.4. The number of hydrogen-bond donors (Lipinski definition) is 1. The summed E-state index contributed by atoms with van der Waals surface area (Å²) >= 11 is 2.99. The molecule has 0 saturated carbocycles. The van der Waals surface area contributed by atoms with E-state index in [1.54, 1.807) is 45.0 Å². The van der Waals surface area contributed by atoms with Gasteiger partial charge in [0.05, 0.1) is 11.1 Å². The first-order valence-corrected chi connectivity index (χ1v) is 17.1. The van der Waals surface area contributed by atoms with Gasteiger partial charge in [0.25, 0.3) is 0 Å². The van der Waals surface area contributed by atoms with E-state index in [0.717, 1.165) is 11.1 Å². The molecule has 0 aliphatic heterocycles. The summed E-state index contributed by atoms with van der Waals surface area (Å²) < 4.78 is 25.8. The first-order valence-electron chi connectivity index (χ1n) is 16.0. The Morgan fingerprint density at radius 2 is 0.961 bits per heavy atom. The first kappa shape index (κ1) is 42.0. The highest BCUT2D eigenvalue weighted by molar-refractivity contribution is 9.09. The molecule has 10 nitrogen and oxygen atoms in total. The molecule has 0 amide bonds. The van der Waals surface area contributed by atoms with Crippen LogP contribution < -0.4 is 4.74 Å². The van der Waals surface area contributed by atoms with Crippen LogP contribution in [0.25, 0.3) is 0 Å². The fraction of sp³-hybridized carbons (Fsp3) is 0.300. The lowest BCUT2D eigenvalue weighted by atomic mass is 10.2. The summed E-state index contributed by atoms with van der Waals surface area (Å²) in [7, 11) is 0. The third-order valence-electron chi connectivity index (χ3n) is 5.92. The molecule has 1 N–H and O–H groups in total. The van der Waals surface area contributed by atoms with Crippen LogP contribution in [-0.2, 0) is 41.8 Å². The van der Waals surface area contributed by atoms with Gasteiger partial charge in [0.2, 0.25) is 0 Å². The van der Waals surface area contributed by atoms with Crippen LogP contribution in [0.15, 0.2) is 109 Å². The second kappa shape index (κ2) is 21.1. The number of esters is 4. The van der Waals surface area contributed by atoms with E-state index in [1.165, 1.54) is 24.3 Å². The van der Waals surface area contributed by atoms with Gasteiger partial charge in [-0.2, -0.15) is 0 Å². The van der Waals surface area contributed by atoms with E-state index in [9.17, 15) is 19.2 Å². The Morgan fingerprint density at radius 3 is 1.33 bits per heavy atom. The molecule has 51 heavy (non-hydrogen) atoms. The van der Waals surface area contributed by atoms with Crippen LogP contribution in [0.5, 0.6) is 11.5 Å². The molecule has 0 aliphatic rings. The molecule has 0 saturated heterocycles. The zero-order valence-corrected chi connectivity index (χ0v) is 31.3. The summed E-state index contributed by atoms with van der Waals surface area (Å²) in [6, 6.07) is 31.3. The standard InChI is InChI=1S/C20H22O5.C14H12O3.C6H11BrO2/c1-20(2,3)25-18(21)14-23-17-11-9-16(10-12-17)19(22)24-13-15-7-5-4-6-8-15;15-13-8-6-12(7-9-13)14(16)17-10-11-4-2-1-3-5-11;1-6(2,3)9-5(8)4-7/h4-12H,13-14H2,1-3H3;1-9,15H,10H2;4H2,1-3H3. The number of carbonyl (C=O) groups is 4. The zero-order valence-electron chi connectivity index (χ0n) is 29.7. The lowest BCUT2D eigenvalue weighted by molar-refractivity contribution is -0.157. The van der Waals surface area contributed by atoms with Crippen LogP contribution in [0.3, 0.4) is 0 Å². The van der Waals surface area contributed by atoms with E-state index in [0.29, 0.717) is 16.9 Å². The van der Waals surface area contributed by atoms with Crippen molar-refractivity contribution in [3.05, 3.63) is 131 Å². The first-order chi connectivity index (χ1) is 24.0. The molecule has 4 aromatic rings. The molecule has 0 aromatic heterocycles. The molecule has 4 rings (SSSR count). The smallest absolute Gasteiger partial charge is 0.344 e. The number of alkyl halides is 1. The number of carbonyl (C=O) groups excluding carboxylic acids is 4. The van der Waals surface area contributed by atoms with E-state index in [4.69, 9.17) is 28.8 Å². The molecule has 0 aliphatic carbocycles. The van der Waals surface area contributed by atoms with E-state index in [2.05, 4.69) is 15.9 Å². The van der Waals surface area contributed by atoms with Gasteiger partial charge >= 0.3 is 23.9 Å². The summed E-state index contributed by atoms with van der Waals surface area (Å²) in [5, 5.41) is 9.36. The predicted molar refractivity (Wildman–Crippen MR) is 197 cm³/mol. The van der Waals surface area contributed by atoms with Crippen LogP contribution in [-0.4, -0.2) is 52.1 Å². The van der Waals surface area contributed by atoms with E-state index in [-0.39, 0.29) is 42.5 Å². The lowest BCUT2D eigenvalue weighted by Crippen LogP contribution is -2.27. The van der Waals surface area contributed by atoms with Crippen LogP contribution in [0.2, 0.25) is 0 Å². The number of halogens is 1. The molecule has 0 atom stereocenters. The lowest BCUT2D eigenvalue weighted by Gasteiger charge is -2.19. The van der Waals surface area contributed by atoms with Gasteiger partial charge in [-0.25, -0.2) is 14.4 Å². The molecule has 4 aromatic carbocycles. The van der Waals surface area contributed by atoms with Gasteiger partial charge in [0.1, 0.15) is 41.2 Å². The number of ether oxygens (including phenoxy) is 5. The topological polar surface area (TPSA) is 135 Å². The molecule has 11 heteroatoms. The van der Waals surface area contributed by atoms with Crippen LogP contribution in [0, 0.1) is 0 Å². The summed E-state index contributed by atoms with van der Waals surface area (Å²) in [5.74, 6) is -0.868. The third kappa shape index (κ3) is 19.0. The minimum atomic E-state index is -0.549. The summed E-state index contributed by atoms with van der Waals surface area (Å²) in [4.78, 5) is 45.8. The Kier molecular flexibility index (Phi) is 17.4. The highest BCUT2D eigenvalue weighted by Crippen LogP contribution is 2.15. The van der Waals surface area contributed by atoms with Crippen molar-refractivity contribution in [2.24, 2.45) is 0 Å². The molecule has 0 fully saturated rings. The number of aromatic hydroxyl groups is 1. The molecule has 0 spiro atoms. The molecule has 0 radical (unpaired) electrons. The minimum absolute atomic E-state index is 0.129. The molecule has 0 heterocycles. The van der Waals surface area contributed by atoms with Crippen molar-refractivity contribution in [2.75, 3.05) is 11.9 Å². The average molecular weight is 766 g/mol. The van der Waals surface area contributed by atoms with Crippen molar-refractivity contribution in [3.8, 4) is 11.5 Å². The third-order valence-corrected chi connectivity index (χ3v) is 6.38. The highest BCUT2D eigenvalue weighted by atomic mass is 79.9. The Bertz CT molecular complexity index is 1640. The maximum absolute atomic E-state index is 12.0. The van der Waals surface area contributed by atoms with Gasteiger partial charge in [-0.05, 0) is 101 Å². The quantitative estimate of drug-likeness (QED) is 0.0956. The van der Waals surface area contributed by atoms with Crippen molar-refractivity contribution < 1.29 is 48.0 Å². The molecule has 272 valence electrons. The SMILES string of the molecule is CC(C)(C)OC(=O)CBr.CC(C)(C)OC(=O)COc1ccc(C(=O)OCc2ccccc2)cc1.O=C(OCc1ccccc1)c1ccc(O)cc1. The Labute approximate surface area is 307 Å². The van der Waals surface area contributed by atoms with E-state index in [1.807, 2.05) is 81.4 Å². The summed E-state index contributed by atoms with van der Waals surface area (Å²) in [5.41, 5.74) is 1.81. The van der Waals surface area contributed by atoms with Crippen LogP contribution in [0.1, 0.15) is 73.4 Å². The molecule has 0 unspecified atom stereocenters. The van der Waals surface area contributed by atoms with Gasteiger partial charge in [-0.3, -0.25) is 4.79 Å². The fourth-order valence-electron chi connectivity index (χ4n) is 3.78. The normalized spacial score (nSPS) is 10.6. The summed E-state index contributed by atoms with van der Waals surface area (Å²) in [6.45, 7) is 11.2. The van der Waals surface area contributed by atoms with Gasteiger partial charge in [-0.1, -0.05) is 76.6 Å². The highest BCUT2D eigenvalue weighted by Gasteiger charge is 2.17. The zero-order chi connectivity index (χ0) is 37.9. The molecular weight excluding hydrogens is 720 g/mol. The van der Waals surface area contributed by atoms with Crippen molar-refractivity contribution >= 4 is 39.8 Å².